The lowest BCUT2D eigenvalue weighted by Gasteiger charge is -1.78. The highest BCUT2D eigenvalue weighted by atomic mass is 79.9. The average molecular weight is 218 g/mol. The highest BCUT2D eigenvalue weighted by molar-refractivity contribution is 9.11. The summed E-state index contributed by atoms with van der Waals surface area (Å²) < 4.78 is 0.883. The third kappa shape index (κ3) is 1.53. The molecular formula is C6H4BrNOS. The second kappa shape index (κ2) is 3.10. The molecule has 0 fully saturated rings. The van der Waals surface area contributed by atoms with Gasteiger partial charge in [0.25, 0.3) is 0 Å². The fourth-order valence-corrected chi connectivity index (χ4v) is 2.23. The Balaban J connectivity index is 3.14. The van der Waals surface area contributed by atoms with Crippen LogP contribution in [0, 0.1) is 6.92 Å². The normalized spacial score (nSPS) is 9.00. The molecule has 0 bridgehead atoms. The highest BCUT2D eigenvalue weighted by Gasteiger charge is 2.00. The number of carbonyl (C=O) groups excluding carboxylic acids is 1. The first-order valence-electron chi connectivity index (χ1n) is 2.58. The van der Waals surface area contributed by atoms with Crippen molar-refractivity contribution in [3.8, 4) is 0 Å². The maximum absolute atomic E-state index is 9.83. The molecule has 0 saturated carbocycles. The first-order valence-corrected chi connectivity index (χ1v) is 4.19. The first kappa shape index (κ1) is 7.66. The summed E-state index contributed by atoms with van der Waals surface area (Å²) in [6.45, 7) is 1.96. The second-order valence-electron chi connectivity index (χ2n) is 1.72. The maximum atomic E-state index is 9.83. The molecule has 1 aromatic heterocycles. The lowest BCUT2D eigenvalue weighted by Crippen LogP contribution is -1.53. The predicted molar refractivity (Wildman–Crippen MR) is 44.5 cm³/mol. The van der Waals surface area contributed by atoms with Gasteiger partial charge in [-0.3, -0.25) is 0 Å². The first-order chi connectivity index (χ1) is 4.74. The minimum absolute atomic E-state index is 0.664. The zero-order valence-corrected chi connectivity index (χ0v) is 7.62. The Morgan fingerprint density at radius 3 is 2.90 bits per heavy atom. The molecule has 0 radical (unpaired) electrons. The number of aliphatic imine (C=N–C) groups is 1. The largest absolute Gasteiger partial charge is 0.240 e. The average Bonchev–Trinajstić information content (AvgIpc) is 2.13. The van der Waals surface area contributed by atoms with Crippen molar-refractivity contribution >= 4 is 39.0 Å². The van der Waals surface area contributed by atoms with Crippen LogP contribution in [0.15, 0.2) is 14.8 Å². The van der Waals surface area contributed by atoms with Crippen LogP contribution in [0.4, 0.5) is 5.69 Å². The molecule has 0 aliphatic carbocycles. The monoisotopic (exact) mass is 217 g/mol. The summed E-state index contributed by atoms with van der Waals surface area (Å²) in [5.41, 5.74) is 0.664. The lowest BCUT2D eigenvalue weighted by atomic mass is 10.5. The van der Waals surface area contributed by atoms with Gasteiger partial charge in [-0.2, -0.15) is 4.99 Å². The number of hydrogen-bond acceptors (Lipinski definition) is 3. The van der Waals surface area contributed by atoms with Gasteiger partial charge in [-0.05, 0) is 28.9 Å². The Morgan fingerprint density at radius 2 is 2.50 bits per heavy atom. The van der Waals surface area contributed by atoms with E-state index in [1.807, 2.05) is 13.0 Å². The van der Waals surface area contributed by atoms with Crippen LogP contribution < -0.4 is 0 Å². The Hall–Kier alpha value is -0.440. The summed E-state index contributed by atoms with van der Waals surface area (Å²) in [5.74, 6) is 0. The zero-order chi connectivity index (χ0) is 7.56. The van der Waals surface area contributed by atoms with Gasteiger partial charge in [-0.25, -0.2) is 4.79 Å². The molecule has 4 heteroatoms. The Labute approximate surface area is 70.7 Å². The van der Waals surface area contributed by atoms with Crippen LogP contribution >= 0.6 is 27.3 Å². The predicted octanol–water partition coefficient (Wildman–Crippen LogP) is 2.79. The van der Waals surface area contributed by atoms with E-state index < -0.39 is 0 Å². The van der Waals surface area contributed by atoms with Crippen LogP contribution in [0.25, 0.3) is 0 Å². The van der Waals surface area contributed by atoms with Crippen molar-refractivity contribution in [1.29, 1.82) is 0 Å². The Kier molecular flexibility index (Phi) is 2.38. The number of rotatable bonds is 1. The molecule has 0 atom stereocenters. The van der Waals surface area contributed by atoms with Crippen molar-refractivity contribution in [2.24, 2.45) is 4.99 Å². The van der Waals surface area contributed by atoms with Crippen LogP contribution in [0.5, 0.6) is 0 Å². The summed E-state index contributed by atoms with van der Waals surface area (Å²) in [4.78, 5) is 14.4. The van der Waals surface area contributed by atoms with Gasteiger partial charge in [-0.1, -0.05) is 0 Å². The molecule has 0 saturated heterocycles. The molecule has 0 aromatic carbocycles. The molecule has 1 rings (SSSR count). The molecule has 0 N–H and O–H groups in total. The van der Waals surface area contributed by atoms with Crippen molar-refractivity contribution in [1.82, 2.24) is 0 Å². The Bertz CT molecular complexity index is 288. The summed E-state index contributed by atoms with van der Waals surface area (Å²) in [6, 6.07) is 1.83. The highest BCUT2D eigenvalue weighted by Crippen LogP contribution is 2.33. The van der Waals surface area contributed by atoms with Gasteiger partial charge in [0.15, 0.2) is 0 Å². The summed E-state index contributed by atoms with van der Waals surface area (Å²) in [6.07, 6.45) is 1.49. The van der Waals surface area contributed by atoms with E-state index >= 15 is 0 Å². The third-order valence-corrected chi connectivity index (χ3v) is 2.68. The topological polar surface area (TPSA) is 29.4 Å². The third-order valence-electron chi connectivity index (χ3n) is 0.958. The zero-order valence-electron chi connectivity index (χ0n) is 5.22. The smallest absolute Gasteiger partial charge is 0.211 e. The van der Waals surface area contributed by atoms with Crippen molar-refractivity contribution in [3.05, 3.63) is 14.7 Å². The van der Waals surface area contributed by atoms with E-state index in [-0.39, 0.29) is 0 Å². The fraction of sp³-hybridized carbons (Fsp3) is 0.167. The van der Waals surface area contributed by atoms with Gasteiger partial charge >= 0.3 is 0 Å². The molecule has 52 valence electrons. The standard InChI is InChI=1S/C6H4BrNOS/c1-4-2-5(8-3-9)6(7)10-4/h2H,1H3. The van der Waals surface area contributed by atoms with Crippen LogP contribution in [-0.4, -0.2) is 6.08 Å². The summed E-state index contributed by atoms with van der Waals surface area (Å²) in [5, 5.41) is 0. The number of nitrogens with zero attached hydrogens (tertiary/aromatic N) is 1. The van der Waals surface area contributed by atoms with Gasteiger partial charge in [0.2, 0.25) is 6.08 Å². The van der Waals surface area contributed by atoms with E-state index in [4.69, 9.17) is 0 Å². The molecule has 0 spiro atoms. The number of hydrogen-bond donors (Lipinski definition) is 0. The maximum Gasteiger partial charge on any atom is 0.240 e. The minimum atomic E-state index is 0.664. The number of isocyanates is 1. The molecule has 0 amide bonds. The second-order valence-corrected chi connectivity index (χ2v) is 4.29. The molecular weight excluding hydrogens is 214 g/mol. The van der Waals surface area contributed by atoms with E-state index in [2.05, 4.69) is 20.9 Å². The van der Waals surface area contributed by atoms with E-state index in [1.54, 1.807) is 11.3 Å². The van der Waals surface area contributed by atoms with Gasteiger partial charge in [-0.15, -0.1) is 11.3 Å². The van der Waals surface area contributed by atoms with Crippen LogP contribution in [0.1, 0.15) is 4.88 Å². The molecule has 1 aromatic rings. The molecule has 0 aliphatic heterocycles. The molecule has 2 nitrogen and oxygen atoms in total. The molecule has 10 heavy (non-hydrogen) atoms. The summed E-state index contributed by atoms with van der Waals surface area (Å²) in [7, 11) is 0. The van der Waals surface area contributed by atoms with E-state index in [9.17, 15) is 4.79 Å². The number of aryl methyl sites for hydroxylation is 1. The summed E-state index contributed by atoms with van der Waals surface area (Å²) >= 11 is 4.82. The van der Waals surface area contributed by atoms with E-state index in [0.29, 0.717) is 5.69 Å². The molecule has 0 unspecified atom stereocenters. The van der Waals surface area contributed by atoms with Crippen LogP contribution in [0.2, 0.25) is 0 Å². The van der Waals surface area contributed by atoms with Crippen LogP contribution in [0.3, 0.4) is 0 Å². The van der Waals surface area contributed by atoms with Crippen molar-refractivity contribution in [2.45, 2.75) is 6.92 Å². The molecule has 1 heterocycles. The van der Waals surface area contributed by atoms with Gasteiger partial charge < -0.3 is 0 Å². The van der Waals surface area contributed by atoms with Gasteiger partial charge in [0.1, 0.15) is 5.69 Å². The van der Waals surface area contributed by atoms with Crippen LogP contribution in [-0.2, 0) is 4.79 Å². The fourth-order valence-electron chi connectivity index (χ4n) is 0.598. The van der Waals surface area contributed by atoms with Crippen molar-refractivity contribution < 1.29 is 4.79 Å². The number of halogens is 1. The lowest BCUT2D eigenvalue weighted by molar-refractivity contribution is 0.565. The quantitative estimate of drug-likeness (QED) is 0.526. The van der Waals surface area contributed by atoms with Gasteiger partial charge in [0.05, 0.1) is 3.79 Å². The SMILES string of the molecule is Cc1cc(N=C=O)c(Br)s1. The number of thiophene rings is 1. The van der Waals surface area contributed by atoms with Crippen molar-refractivity contribution in [3.63, 3.8) is 0 Å². The molecule has 0 aliphatic rings. The Morgan fingerprint density at radius 1 is 1.80 bits per heavy atom. The minimum Gasteiger partial charge on any atom is -0.211 e. The van der Waals surface area contributed by atoms with Crippen molar-refractivity contribution in [2.75, 3.05) is 0 Å². The van der Waals surface area contributed by atoms with E-state index in [1.165, 1.54) is 6.08 Å². The van der Waals surface area contributed by atoms with E-state index in [0.717, 1.165) is 8.66 Å². The van der Waals surface area contributed by atoms with Gasteiger partial charge in [0, 0.05) is 4.88 Å².